The summed E-state index contributed by atoms with van der Waals surface area (Å²) in [7, 11) is 0. The minimum Gasteiger partial charge on any atom is -0.394 e. The van der Waals surface area contributed by atoms with Gasteiger partial charge in [-0.05, 0) is 25.4 Å². The summed E-state index contributed by atoms with van der Waals surface area (Å²) in [5.74, 6) is 0.0176. The SMILES string of the molecule is Cc1nc(Cl)nc(NC(C)CO)c1[N+](=O)[O-]. The van der Waals surface area contributed by atoms with Crippen molar-refractivity contribution < 1.29 is 10.0 Å². The molecule has 7 nitrogen and oxygen atoms in total. The van der Waals surface area contributed by atoms with Gasteiger partial charge in [0.2, 0.25) is 11.1 Å². The normalized spacial score (nSPS) is 12.2. The van der Waals surface area contributed by atoms with Crippen molar-refractivity contribution in [2.45, 2.75) is 19.9 Å². The molecule has 1 rings (SSSR count). The van der Waals surface area contributed by atoms with Crippen molar-refractivity contribution in [3.8, 4) is 0 Å². The second-order valence-electron chi connectivity index (χ2n) is 3.26. The Hall–Kier alpha value is -1.47. The fraction of sp³-hybridized carbons (Fsp3) is 0.500. The van der Waals surface area contributed by atoms with E-state index >= 15 is 0 Å². The highest BCUT2D eigenvalue weighted by atomic mass is 35.5. The lowest BCUT2D eigenvalue weighted by molar-refractivity contribution is -0.385. The molecule has 1 aromatic rings. The van der Waals surface area contributed by atoms with E-state index in [4.69, 9.17) is 16.7 Å². The van der Waals surface area contributed by atoms with Gasteiger partial charge in [-0.3, -0.25) is 10.1 Å². The standard InChI is InChI=1S/C8H11ClN4O3/c1-4(3-14)10-7-6(13(15)16)5(2)11-8(9)12-7/h4,14H,3H2,1-2H3,(H,10,11,12). The summed E-state index contributed by atoms with van der Waals surface area (Å²) in [6.45, 7) is 2.97. The smallest absolute Gasteiger partial charge is 0.332 e. The number of rotatable bonds is 4. The Morgan fingerprint density at radius 3 is 2.75 bits per heavy atom. The minimum atomic E-state index is -0.585. The highest BCUT2D eigenvalue weighted by Gasteiger charge is 2.22. The minimum absolute atomic E-state index is 0.0176. The highest BCUT2D eigenvalue weighted by molar-refractivity contribution is 6.28. The summed E-state index contributed by atoms with van der Waals surface area (Å²) in [4.78, 5) is 17.7. The van der Waals surface area contributed by atoms with E-state index in [0.717, 1.165) is 0 Å². The summed E-state index contributed by atoms with van der Waals surface area (Å²) in [6.07, 6.45) is 0. The molecule has 1 atom stereocenters. The number of nitrogens with one attached hydrogen (secondary N) is 1. The number of nitro groups is 1. The Kier molecular flexibility index (Phi) is 3.97. The number of aliphatic hydroxyl groups excluding tert-OH is 1. The molecule has 16 heavy (non-hydrogen) atoms. The molecule has 0 fully saturated rings. The van der Waals surface area contributed by atoms with Crippen molar-refractivity contribution in [2.75, 3.05) is 11.9 Å². The molecule has 0 amide bonds. The molecule has 0 aliphatic rings. The van der Waals surface area contributed by atoms with Crippen molar-refractivity contribution in [1.29, 1.82) is 0 Å². The maximum absolute atomic E-state index is 10.8. The molecule has 0 aliphatic heterocycles. The number of aliphatic hydroxyl groups is 1. The predicted molar refractivity (Wildman–Crippen MR) is 58.6 cm³/mol. The van der Waals surface area contributed by atoms with Crippen LogP contribution in [0.25, 0.3) is 0 Å². The molecule has 1 aromatic heterocycles. The van der Waals surface area contributed by atoms with Crippen LogP contribution in [0.3, 0.4) is 0 Å². The fourth-order valence-corrected chi connectivity index (χ4v) is 1.34. The maximum atomic E-state index is 10.8. The second kappa shape index (κ2) is 5.04. The third-order valence-corrected chi connectivity index (χ3v) is 2.04. The number of hydrogen-bond acceptors (Lipinski definition) is 6. The fourth-order valence-electron chi connectivity index (χ4n) is 1.13. The number of nitrogens with zero attached hydrogens (tertiary/aromatic N) is 3. The molecule has 88 valence electrons. The van der Waals surface area contributed by atoms with Crippen LogP contribution in [0.4, 0.5) is 11.5 Å². The van der Waals surface area contributed by atoms with E-state index in [2.05, 4.69) is 15.3 Å². The Bertz CT molecular complexity index is 413. The Labute approximate surface area is 96.6 Å². The number of hydrogen-bond donors (Lipinski definition) is 2. The third-order valence-electron chi connectivity index (χ3n) is 1.87. The van der Waals surface area contributed by atoms with E-state index < -0.39 is 4.92 Å². The van der Waals surface area contributed by atoms with Gasteiger partial charge in [0.1, 0.15) is 5.69 Å². The van der Waals surface area contributed by atoms with Gasteiger partial charge < -0.3 is 10.4 Å². The van der Waals surface area contributed by atoms with E-state index in [-0.39, 0.29) is 35.1 Å². The Balaban J connectivity index is 3.19. The summed E-state index contributed by atoms with van der Waals surface area (Å²) >= 11 is 5.61. The van der Waals surface area contributed by atoms with Gasteiger partial charge in [-0.2, -0.15) is 4.98 Å². The lowest BCUT2D eigenvalue weighted by Crippen LogP contribution is -2.21. The third kappa shape index (κ3) is 2.77. The van der Waals surface area contributed by atoms with E-state index in [1.165, 1.54) is 6.92 Å². The van der Waals surface area contributed by atoms with Crippen LogP contribution in [0.5, 0.6) is 0 Å². The number of anilines is 1. The highest BCUT2D eigenvalue weighted by Crippen LogP contribution is 2.26. The first-order chi connectivity index (χ1) is 7.45. The van der Waals surface area contributed by atoms with Gasteiger partial charge in [0.25, 0.3) is 0 Å². The molecule has 1 unspecified atom stereocenters. The van der Waals surface area contributed by atoms with Gasteiger partial charge in [-0.25, -0.2) is 4.98 Å². The zero-order valence-corrected chi connectivity index (χ0v) is 9.52. The van der Waals surface area contributed by atoms with Crippen LogP contribution in [0.2, 0.25) is 5.28 Å². The Morgan fingerprint density at radius 2 is 2.25 bits per heavy atom. The molecule has 1 heterocycles. The van der Waals surface area contributed by atoms with Crippen molar-refractivity contribution in [1.82, 2.24) is 9.97 Å². The summed E-state index contributed by atoms with van der Waals surface area (Å²) in [6, 6.07) is -0.357. The lowest BCUT2D eigenvalue weighted by Gasteiger charge is -2.12. The molecular weight excluding hydrogens is 236 g/mol. The number of aromatic nitrogens is 2. The first-order valence-corrected chi connectivity index (χ1v) is 4.89. The van der Waals surface area contributed by atoms with Crippen molar-refractivity contribution >= 4 is 23.1 Å². The monoisotopic (exact) mass is 246 g/mol. The van der Waals surface area contributed by atoms with Gasteiger partial charge in [0.15, 0.2) is 0 Å². The zero-order chi connectivity index (χ0) is 12.3. The topological polar surface area (TPSA) is 101 Å². The van der Waals surface area contributed by atoms with Crippen LogP contribution < -0.4 is 5.32 Å². The average Bonchev–Trinajstić information content (AvgIpc) is 2.15. The Morgan fingerprint density at radius 1 is 1.62 bits per heavy atom. The van der Waals surface area contributed by atoms with Crippen LogP contribution in [0.1, 0.15) is 12.6 Å². The molecule has 2 N–H and O–H groups in total. The largest absolute Gasteiger partial charge is 0.394 e. The van der Waals surface area contributed by atoms with Gasteiger partial charge in [0.05, 0.1) is 11.5 Å². The first-order valence-electron chi connectivity index (χ1n) is 4.51. The van der Waals surface area contributed by atoms with Gasteiger partial charge in [-0.15, -0.1) is 0 Å². The maximum Gasteiger partial charge on any atom is 0.332 e. The van der Waals surface area contributed by atoms with Crippen molar-refractivity contribution in [3.05, 3.63) is 21.1 Å². The molecule has 0 radical (unpaired) electrons. The van der Waals surface area contributed by atoms with Gasteiger partial charge in [-0.1, -0.05) is 0 Å². The molecule has 0 bridgehead atoms. The number of aryl methyl sites for hydroxylation is 1. The quantitative estimate of drug-likeness (QED) is 0.469. The van der Waals surface area contributed by atoms with Crippen LogP contribution >= 0.6 is 11.6 Å². The molecule has 8 heteroatoms. The zero-order valence-electron chi connectivity index (χ0n) is 8.77. The van der Waals surface area contributed by atoms with Crippen LogP contribution in [-0.4, -0.2) is 32.6 Å². The van der Waals surface area contributed by atoms with E-state index in [1.54, 1.807) is 6.92 Å². The molecule has 0 saturated heterocycles. The summed E-state index contributed by atoms with van der Waals surface area (Å²) in [5, 5.41) is 22.3. The lowest BCUT2D eigenvalue weighted by atomic mass is 10.3. The molecular formula is C8H11ClN4O3. The second-order valence-corrected chi connectivity index (χ2v) is 3.60. The summed E-state index contributed by atoms with van der Waals surface area (Å²) in [5.41, 5.74) is -0.0534. The van der Waals surface area contributed by atoms with Crippen LogP contribution in [0.15, 0.2) is 0 Å². The molecule has 0 saturated carbocycles. The molecule has 0 spiro atoms. The van der Waals surface area contributed by atoms with Gasteiger partial charge in [0, 0.05) is 6.04 Å². The van der Waals surface area contributed by atoms with E-state index in [1.807, 2.05) is 0 Å². The van der Waals surface area contributed by atoms with Crippen molar-refractivity contribution in [3.63, 3.8) is 0 Å². The molecule has 0 aromatic carbocycles. The predicted octanol–water partition coefficient (Wildman–Crippen LogP) is 1.14. The van der Waals surface area contributed by atoms with E-state index in [9.17, 15) is 10.1 Å². The average molecular weight is 247 g/mol. The van der Waals surface area contributed by atoms with Gasteiger partial charge >= 0.3 is 5.69 Å². The van der Waals surface area contributed by atoms with Crippen LogP contribution in [-0.2, 0) is 0 Å². The summed E-state index contributed by atoms with van der Waals surface area (Å²) < 4.78 is 0. The van der Waals surface area contributed by atoms with E-state index in [0.29, 0.717) is 0 Å². The molecule has 0 aliphatic carbocycles. The van der Waals surface area contributed by atoms with Crippen LogP contribution in [0, 0.1) is 17.0 Å². The van der Waals surface area contributed by atoms with Crippen molar-refractivity contribution in [2.24, 2.45) is 0 Å². The number of halogens is 1. The first kappa shape index (κ1) is 12.6.